The van der Waals surface area contributed by atoms with Crippen LogP contribution in [0.5, 0.6) is 5.88 Å². The number of anilines is 1. The number of ether oxygens (including phenoxy) is 1. The fraction of sp³-hybridized carbons (Fsp3) is 0.538. The molecule has 1 saturated carbocycles. The van der Waals surface area contributed by atoms with Crippen molar-refractivity contribution in [3.05, 3.63) is 41.2 Å². The quantitative estimate of drug-likeness (QED) is 0.616. The highest BCUT2D eigenvalue weighted by molar-refractivity contribution is 6.09. The van der Waals surface area contributed by atoms with Crippen LogP contribution in [-0.4, -0.2) is 67.6 Å². The van der Waals surface area contributed by atoms with Gasteiger partial charge in [-0.15, -0.1) is 0 Å². The Bertz CT molecular complexity index is 1150. The number of hydrogen-bond donors (Lipinski definition) is 3. The highest BCUT2D eigenvalue weighted by Crippen LogP contribution is 2.40. The van der Waals surface area contributed by atoms with Crippen LogP contribution in [-0.2, 0) is 4.79 Å². The third kappa shape index (κ3) is 4.50. The molecule has 3 aliphatic rings. The summed E-state index contributed by atoms with van der Waals surface area (Å²) in [6.07, 6.45) is 1.84. The Morgan fingerprint density at radius 1 is 1.06 bits per heavy atom. The second-order valence-corrected chi connectivity index (χ2v) is 10.4. The minimum absolute atomic E-state index is 0.0334. The molecule has 3 heterocycles. The Kier molecular flexibility index (Phi) is 6.01. The van der Waals surface area contributed by atoms with Gasteiger partial charge in [0.1, 0.15) is 11.4 Å². The Labute approximate surface area is 205 Å². The molecule has 2 aromatic rings. The SMILES string of the molecule is Cc1nc(N)c2c(n1)OC(C)(C)C(c1ccc([C@H]3CC[C@H](C(=O)N4C[C@@H](O)[C@@H](O)C4)CC3)cc1)=N2. The van der Waals surface area contributed by atoms with Crippen LogP contribution >= 0.6 is 0 Å². The minimum atomic E-state index is -0.834. The van der Waals surface area contributed by atoms with Crippen molar-refractivity contribution in [2.45, 2.75) is 70.2 Å². The van der Waals surface area contributed by atoms with E-state index in [1.54, 1.807) is 11.8 Å². The average molecular weight is 480 g/mol. The van der Waals surface area contributed by atoms with Gasteiger partial charge in [-0.3, -0.25) is 4.79 Å². The second kappa shape index (κ2) is 8.87. The first-order valence-electron chi connectivity index (χ1n) is 12.3. The second-order valence-electron chi connectivity index (χ2n) is 10.4. The van der Waals surface area contributed by atoms with Gasteiger partial charge in [0.25, 0.3) is 0 Å². The van der Waals surface area contributed by atoms with Gasteiger partial charge in [-0.25, -0.2) is 9.98 Å². The molecule has 0 bridgehead atoms. The average Bonchev–Trinajstić information content (AvgIpc) is 3.16. The number of fused-ring (bicyclic) bond motifs is 1. The van der Waals surface area contributed by atoms with E-state index in [2.05, 4.69) is 34.2 Å². The first-order chi connectivity index (χ1) is 16.6. The Morgan fingerprint density at radius 3 is 2.31 bits per heavy atom. The van der Waals surface area contributed by atoms with E-state index >= 15 is 0 Å². The molecule has 0 spiro atoms. The molecule has 2 aliphatic heterocycles. The number of hydrogen-bond acceptors (Lipinski definition) is 8. The number of aliphatic hydroxyl groups excluding tert-OH is 2. The molecule has 0 unspecified atom stereocenters. The molecule has 1 saturated heterocycles. The normalized spacial score (nSPS) is 27.7. The van der Waals surface area contributed by atoms with Crippen molar-refractivity contribution >= 4 is 23.1 Å². The Morgan fingerprint density at radius 2 is 1.69 bits per heavy atom. The van der Waals surface area contributed by atoms with Gasteiger partial charge in [-0.05, 0) is 57.9 Å². The van der Waals surface area contributed by atoms with Crippen molar-refractivity contribution in [2.75, 3.05) is 18.8 Å². The fourth-order valence-corrected chi connectivity index (χ4v) is 5.48. The summed E-state index contributed by atoms with van der Waals surface area (Å²) in [6.45, 7) is 6.16. The maximum atomic E-state index is 12.8. The number of likely N-dealkylation sites (tertiary alicyclic amines) is 1. The lowest BCUT2D eigenvalue weighted by Crippen LogP contribution is -2.41. The number of rotatable bonds is 3. The summed E-state index contributed by atoms with van der Waals surface area (Å²) >= 11 is 0. The molecule has 1 amide bonds. The number of nitrogens with zero attached hydrogens (tertiary/aromatic N) is 4. The molecule has 2 atom stereocenters. The van der Waals surface area contributed by atoms with Crippen LogP contribution in [0.4, 0.5) is 11.5 Å². The van der Waals surface area contributed by atoms with Gasteiger partial charge in [0.15, 0.2) is 11.5 Å². The first kappa shape index (κ1) is 23.7. The van der Waals surface area contributed by atoms with Gasteiger partial charge >= 0.3 is 0 Å². The van der Waals surface area contributed by atoms with Gasteiger partial charge in [0.05, 0.1) is 17.9 Å². The van der Waals surface area contributed by atoms with E-state index in [1.165, 1.54) is 5.56 Å². The van der Waals surface area contributed by atoms with E-state index in [4.69, 9.17) is 15.5 Å². The van der Waals surface area contributed by atoms with Gasteiger partial charge in [0.2, 0.25) is 11.8 Å². The molecule has 5 rings (SSSR count). The predicted octanol–water partition coefficient (Wildman–Crippen LogP) is 2.50. The van der Waals surface area contributed by atoms with Crippen LogP contribution in [0, 0.1) is 12.8 Å². The molecular weight excluding hydrogens is 446 g/mol. The lowest BCUT2D eigenvalue weighted by Gasteiger charge is -2.33. The number of aliphatic hydroxyl groups is 2. The van der Waals surface area contributed by atoms with Gasteiger partial charge in [-0.1, -0.05) is 24.3 Å². The van der Waals surface area contributed by atoms with Gasteiger partial charge in [-0.2, -0.15) is 4.98 Å². The van der Waals surface area contributed by atoms with Crippen molar-refractivity contribution in [2.24, 2.45) is 10.9 Å². The third-order valence-corrected chi connectivity index (χ3v) is 7.44. The van der Waals surface area contributed by atoms with Crippen LogP contribution in [0.2, 0.25) is 0 Å². The summed E-state index contributed by atoms with van der Waals surface area (Å²) in [5.41, 5.74) is 8.87. The van der Waals surface area contributed by atoms with E-state index in [0.29, 0.717) is 29.1 Å². The van der Waals surface area contributed by atoms with E-state index in [1.807, 2.05) is 13.8 Å². The third-order valence-electron chi connectivity index (χ3n) is 7.44. The topological polar surface area (TPSA) is 134 Å². The number of nitrogens with two attached hydrogens (primary N) is 1. The fourth-order valence-electron chi connectivity index (χ4n) is 5.48. The standard InChI is InChI=1S/C26H33N5O4/c1-14-28-23(27)21-24(29-14)35-26(2,3)22(30-21)17-8-4-15(5-9-17)16-6-10-18(11-7-16)25(34)31-12-19(32)20(33)13-31/h4-5,8-9,16,18-20,32-33H,6-7,10-13H2,1-3H3,(H2,27,28,29)/t16-,18-,19-,20+. The largest absolute Gasteiger partial charge is 0.463 e. The lowest BCUT2D eigenvalue weighted by molar-refractivity contribution is -0.136. The molecular formula is C26H33N5O4. The Balaban J connectivity index is 1.27. The number of benzene rings is 1. The zero-order chi connectivity index (χ0) is 24.9. The molecule has 9 heteroatoms. The molecule has 1 aromatic heterocycles. The van der Waals surface area contributed by atoms with Crippen molar-refractivity contribution in [3.8, 4) is 5.88 Å². The highest BCUT2D eigenvalue weighted by Gasteiger charge is 2.38. The van der Waals surface area contributed by atoms with Gasteiger partial charge < -0.3 is 25.6 Å². The van der Waals surface area contributed by atoms with Crippen molar-refractivity contribution in [1.82, 2.24) is 14.9 Å². The zero-order valence-electron chi connectivity index (χ0n) is 20.4. The number of aryl methyl sites for hydroxylation is 1. The summed E-state index contributed by atoms with van der Waals surface area (Å²) in [5, 5.41) is 19.5. The van der Waals surface area contributed by atoms with Crippen molar-refractivity contribution in [1.29, 1.82) is 0 Å². The maximum absolute atomic E-state index is 12.8. The summed E-state index contributed by atoms with van der Waals surface area (Å²) in [7, 11) is 0. The van der Waals surface area contributed by atoms with E-state index < -0.39 is 17.8 Å². The Hall–Kier alpha value is -3.04. The molecule has 0 radical (unpaired) electrons. The summed E-state index contributed by atoms with van der Waals surface area (Å²) in [5.74, 6) is 1.69. The van der Waals surface area contributed by atoms with E-state index in [-0.39, 0.29) is 24.9 Å². The van der Waals surface area contributed by atoms with Crippen LogP contribution in [0.1, 0.15) is 62.4 Å². The van der Waals surface area contributed by atoms with Crippen LogP contribution in [0.3, 0.4) is 0 Å². The maximum Gasteiger partial charge on any atom is 0.246 e. The van der Waals surface area contributed by atoms with E-state index in [9.17, 15) is 15.0 Å². The van der Waals surface area contributed by atoms with Crippen molar-refractivity contribution in [3.63, 3.8) is 0 Å². The number of aliphatic imine (C=N–C) groups is 1. The zero-order valence-corrected chi connectivity index (χ0v) is 20.4. The predicted molar refractivity (Wildman–Crippen MR) is 132 cm³/mol. The highest BCUT2D eigenvalue weighted by atomic mass is 16.5. The molecule has 4 N–H and O–H groups in total. The molecule has 1 aromatic carbocycles. The van der Waals surface area contributed by atoms with Crippen LogP contribution < -0.4 is 10.5 Å². The molecule has 35 heavy (non-hydrogen) atoms. The van der Waals surface area contributed by atoms with Crippen molar-refractivity contribution < 1.29 is 19.7 Å². The number of nitrogen functional groups attached to an aromatic ring is 1. The minimum Gasteiger partial charge on any atom is -0.463 e. The number of carbonyl (C=O) groups is 1. The summed E-state index contributed by atoms with van der Waals surface area (Å²) in [4.78, 5) is 27.8. The molecule has 9 nitrogen and oxygen atoms in total. The van der Waals surface area contributed by atoms with E-state index in [0.717, 1.165) is 37.0 Å². The molecule has 2 fully saturated rings. The van der Waals surface area contributed by atoms with Crippen LogP contribution in [0.15, 0.2) is 29.3 Å². The summed E-state index contributed by atoms with van der Waals surface area (Å²) in [6, 6.07) is 8.41. The number of aromatic nitrogens is 2. The van der Waals surface area contributed by atoms with Crippen LogP contribution in [0.25, 0.3) is 0 Å². The number of carbonyl (C=O) groups excluding carboxylic acids is 1. The number of β-amino-alcohol motifs (C(OH)–C–C–N with tert-alkyl or cyclic N) is 2. The molecule has 186 valence electrons. The lowest BCUT2D eigenvalue weighted by atomic mass is 9.78. The number of amides is 1. The molecule has 1 aliphatic carbocycles. The van der Waals surface area contributed by atoms with Gasteiger partial charge in [0, 0.05) is 24.6 Å². The summed E-state index contributed by atoms with van der Waals surface area (Å²) < 4.78 is 6.16. The monoisotopic (exact) mass is 479 g/mol. The first-order valence-corrected chi connectivity index (χ1v) is 12.3. The smallest absolute Gasteiger partial charge is 0.246 e.